The molecular formula is C16H19N5O. The lowest BCUT2D eigenvalue weighted by atomic mass is 9.97. The molecule has 1 amide bonds. The van der Waals surface area contributed by atoms with Gasteiger partial charge in [0, 0.05) is 18.9 Å². The van der Waals surface area contributed by atoms with E-state index in [1.807, 2.05) is 0 Å². The molecule has 0 spiro atoms. The maximum absolute atomic E-state index is 12.0. The van der Waals surface area contributed by atoms with Crippen LogP contribution in [0.2, 0.25) is 0 Å². The molecule has 1 aliphatic carbocycles. The molecule has 0 saturated heterocycles. The molecule has 0 aromatic carbocycles. The molecule has 6 heteroatoms. The van der Waals surface area contributed by atoms with Crippen molar-refractivity contribution in [2.75, 3.05) is 6.54 Å². The van der Waals surface area contributed by atoms with Gasteiger partial charge in [-0.1, -0.05) is 11.6 Å². The number of hydrogen-bond acceptors (Lipinski definition) is 4. The summed E-state index contributed by atoms with van der Waals surface area (Å²) in [6.45, 7) is 0.648. The molecule has 0 atom stereocenters. The van der Waals surface area contributed by atoms with Gasteiger partial charge < -0.3 is 5.32 Å². The predicted octanol–water partition coefficient (Wildman–Crippen LogP) is 2.28. The normalized spacial score (nSPS) is 14.5. The molecule has 1 N–H and O–H groups in total. The Labute approximate surface area is 129 Å². The van der Waals surface area contributed by atoms with Crippen LogP contribution < -0.4 is 5.32 Å². The molecule has 0 bridgehead atoms. The van der Waals surface area contributed by atoms with Gasteiger partial charge >= 0.3 is 0 Å². The Morgan fingerprint density at radius 2 is 2.23 bits per heavy atom. The van der Waals surface area contributed by atoms with E-state index in [2.05, 4.69) is 26.6 Å². The van der Waals surface area contributed by atoms with Crippen molar-refractivity contribution in [3.8, 4) is 5.82 Å². The van der Waals surface area contributed by atoms with E-state index in [4.69, 9.17) is 0 Å². The third-order valence-corrected chi connectivity index (χ3v) is 3.77. The summed E-state index contributed by atoms with van der Waals surface area (Å²) in [5, 5.41) is 10.9. The molecule has 0 aliphatic heterocycles. The summed E-state index contributed by atoms with van der Waals surface area (Å²) < 4.78 is 1.74. The van der Waals surface area contributed by atoms with E-state index in [0.29, 0.717) is 18.1 Å². The van der Waals surface area contributed by atoms with Gasteiger partial charge in [-0.25, -0.2) is 4.98 Å². The molecule has 3 rings (SSSR count). The summed E-state index contributed by atoms with van der Waals surface area (Å²) in [6, 6.07) is 3.44. The van der Waals surface area contributed by atoms with Crippen LogP contribution in [0.25, 0.3) is 5.82 Å². The minimum atomic E-state index is -0.180. The van der Waals surface area contributed by atoms with Gasteiger partial charge in [0.2, 0.25) is 0 Å². The highest BCUT2D eigenvalue weighted by molar-refractivity contribution is 5.92. The first kappa shape index (κ1) is 14.4. The van der Waals surface area contributed by atoms with E-state index in [1.54, 1.807) is 35.4 Å². The molecule has 2 heterocycles. The second-order valence-corrected chi connectivity index (χ2v) is 5.36. The number of carbonyl (C=O) groups is 1. The van der Waals surface area contributed by atoms with E-state index in [0.717, 1.165) is 12.8 Å². The van der Waals surface area contributed by atoms with Crippen molar-refractivity contribution in [2.24, 2.45) is 0 Å². The van der Waals surface area contributed by atoms with Crippen LogP contribution in [0.1, 0.15) is 42.6 Å². The number of nitrogens with zero attached hydrogens (tertiary/aromatic N) is 4. The van der Waals surface area contributed by atoms with Crippen molar-refractivity contribution in [1.29, 1.82) is 0 Å². The number of amides is 1. The molecule has 0 saturated carbocycles. The van der Waals surface area contributed by atoms with Crippen LogP contribution in [-0.4, -0.2) is 32.2 Å². The molecule has 0 unspecified atom stereocenters. The van der Waals surface area contributed by atoms with Crippen LogP contribution >= 0.6 is 0 Å². The third-order valence-electron chi connectivity index (χ3n) is 3.77. The number of aromatic nitrogens is 4. The van der Waals surface area contributed by atoms with E-state index in [9.17, 15) is 4.79 Å². The van der Waals surface area contributed by atoms with Crippen molar-refractivity contribution in [3.05, 3.63) is 48.2 Å². The zero-order chi connectivity index (χ0) is 15.2. The number of allylic oxidation sites excluding steroid dienone is 1. The first-order valence-electron chi connectivity index (χ1n) is 7.61. The van der Waals surface area contributed by atoms with Crippen LogP contribution in [0.15, 0.2) is 42.5 Å². The summed E-state index contributed by atoms with van der Waals surface area (Å²) in [7, 11) is 0. The zero-order valence-corrected chi connectivity index (χ0v) is 12.4. The minimum absolute atomic E-state index is 0.180. The lowest BCUT2D eigenvalue weighted by Gasteiger charge is -2.12. The fourth-order valence-corrected chi connectivity index (χ4v) is 2.54. The van der Waals surface area contributed by atoms with Gasteiger partial charge in [0.1, 0.15) is 6.33 Å². The molecule has 0 fully saturated rings. The second-order valence-electron chi connectivity index (χ2n) is 5.36. The fourth-order valence-electron chi connectivity index (χ4n) is 2.54. The lowest BCUT2D eigenvalue weighted by Crippen LogP contribution is -2.26. The maximum atomic E-state index is 12.0. The van der Waals surface area contributed by atoms with Crippen molar-refractivity contribution in [3.63, 3.8) is 0 Å². The van der Waals surface area contributed by atoms with Crippen molar-refractivity contribution < 1.29 is 4.79 Å². The Hall–Kier alpha value is -2.50. The third kappa shape index (κ3) is 3.58. The van der Waals surface area contributed by atoms with Crippen LogP contribution in [0.5, 0.6) is 0 Å². The summed E-state index contributed by atoms with van der Waals surface area (Å²) in [5.74, 6) is 0.461. The second kappa shape index (κ2) is 6.98. The first-order chi connectivity index (χ1) is 10.8. The number of hydrogen-bond donors (Lipinski definition) is 1. The van der Waals surface area contributed by atoms with Crippen molar-refractivity contribution in [1.82, 2.24) is 25.1 Å². The van der Waals surface area contributed by atoms with Crippen molar-refractivity contribution >= 4 is 5.91 Å². The van der Waals surface area contributed by atoms with Crippen LogP contribution in [0, 0.1) is 0 Å². The van der Waals surface area contributed by atoms with Crippen molar-refractivity contribution in [2.45, 2.75) is 32.1 Å². The van der Waals surface area contributed by atoms with E-state index >= 15 is 0 Å². The summed E-state index contributed by atoms with van der Waals surface area (Å²) >= 11 is 0. The summed E-state index contributed by atoms with van der Waals surface area (Å²) in [6.07, 6.45) is 13.2. The average molecular weight is 297 g/mol. The SMILES string of the molecule is O=C(NCCC1=CCCCC1)c1ccc(-n2ccnc2)nn1. The van der Waals surface area contributed by atoms with E-state index < -0.39 is 0 Å². The van der Waals surface area contributed by atoms with Crippen LogP contribution in [0.4, 0.5) is 0 Å². The minimum Gasteiger partial charge on any atom is -0.350 e. The molecule has 22 heavy (non-hydrogen) atoms. The Morgan fingerprint density at radius 3 is 2.91 bits per heavy atom. The molecular weight excluding hydrogens is 278 g/mol. The average Bonchev–Trinajstić information content (AvgIpc) is 3.10. The van der Waals surface area contributed by atoms with Gasteiger partial charge in [-0.2, -0.15) is 0 Å². The van der Waals surface area contributed by atoms with Gasteiger partial charge in [-0.15, -0.1) is 10.2 Å². The molecule has 1 aliphatic rings. The maximum Gasteiger partial charge on any atom is 0.271 e. The zero-order valence-electron chi connectivity index (χ0n) is 12.4. The monoisotopic (exact) mass is 297 g/mol. The van der Waals surface area contributed by atoms with Gasteiger partial charge in [0.15, 0.2) is 11.5 Å². The summed E-state index contributed by atoms with van der Waals surface area (Å²) in [5.41, 5.74) is 1.79. The topological polar surface area (TPSA) is 72.7 Å². The Morgan fingerprint density at radius 1 is 1.27 bits per heavy atom. The van der Waals surface area contributed by atoms with Crippen LogP contribution in [-0.2, 0) is 0 Å². The predicted molar refractivity (Wildman–Crippen MR) is 82.7 cm³/mol. The quantitative estimate of drug-likeness (QED) is 0.859. The number of nitrogens with one attached hydrogen (secondary N) is 1. The number of rotatable bonds is 5. The molecule has 6 nitrogen and oxygen atoms in total. The van der Waals surface area contributed by atoms with Gasteiger partial charge in [0.05, 0.1) is 0 Å². The van der Waals surface area contributed by atoms with E-state index in [-0.39, 0.29) is 5.91 Å². The molecule has 2 aromatic rings. The standard InChI is InChI=1S/C16H19N5O/c22-16(18-9-8-13-4-2-1-3-5-13)14-6-7-15(20-19-14)21-11-10-17-12-21/h4,6-7,10-12H,1-3,5,8-9H2,(H,18,22). The smallest absolute Gasteiger partial charge is 0.271 e. The lowest BCUT2D eigenvalue weighted by molar-refractivity contribution is 0.0948. The Balaban J connectivity index is 1.52. The largest absolute Gasteiger partial charge is 0.350 e. The van der Waals surface area contributed by atoms with E-state index in [1.165, 1.54) is 24.8 Å². The van der Waals surface area contributed by atoms with Gasteiger partial charge in [-0.3, -0.25) is 9.36 Å². The summed E-state index contributed by atoms with van der Waals surface area (Å²) in [4.78, 5) is 16.0. The van der Waals surface area contributed by atoms with Gasteiger partial charge in [-0.05, 0) is 44.2 Å². The Kier molecular flexibility index (Phi) is 4.58. The highest BCUT2D eigenvalue weighted by atomic mass is 16.1. The molecule has 114 valence electrons. The fraction of sp³-hybridized carbons (Fsp3) is 0.375. The number of imidazole rings is 1. The number of carbonyl (C=O) groups excluding carboxylic acids is 1. The highest BCUT2D eigenvalue weighted by Gasteiger charge is 2.09. The van der Waals surface area contributed by atoms with Gasteiger partial charge in [0.25, 0.3) is 5.91 Å². The Bertz CT molecular complexity index is 646. The molecule has 0 radical (unpaired) electrons. The molecule has 2 aromatic heterocycles. The first-order valence-corrected chi connectivity index (χ1v) is 7.61. The van der Waals surface area contributed by atoms with Crippen LogP contribution in [0.3, 0.4) is 0 Å². The highest BCUT2D eigenvalue weighted by Crippen LogP contribution is 2.19.